The van der Waals surface area contributed by atoms with Crippen LogP contribution in [0, 0.1) is 0 Å². The Morgan fingerprint density at radius 3 is 2.09 bits per heavy atom. The van der Waals surface area contributed by atoms with Crippen molar-refractivity contribution in [1.29, 1.82) is 0 Å². The first-order valence-corrected chi connectivity index (χ1v) is 7.83. The first-order valence-electron chi connectivity index (χ1n) is 7.83. The molecule has 0 fully saturated rings. The summed E-state index contributed by atoms with van der Waals surface area (Å²) < 4.78 is 27.2. The maximum atomic E-state index is 13.6. The summed E-state index contributed by atoms with van der Waals surface area (Å²) >= 11 is 0. The van der Waals surface area contributed by atoms with Gasteiger partial charge in [-0.15, -0.1) is 0 Å². The fourth-order valence-corrected chi connectivity index (χ4v) is 3.17. The molecule has 0 spiro atoms. The second-order valence-corrected chi connectivity index (χ2v) is 5.91. The van der Waals surface area contributed by atoms with Gasteiger partial charge in [-0.1, -0.05) is 67.1 Å². The monoisotopic (exact) mass is 298 g/mol. The van der Waals surface area contributed by atoms with Crippen molar-refractivity contribution in [2.24, 2.45) is 0 Å². The van der Waals surface area contributed by atoms with Gasteiger partial charge in [0, 0.05) is 12.8 Å². The summed E-state index contributed by atoms with van der Waals surface area (Å²) in [5.74, 6) is -2.53. The molecule has 2 aromatic carbocycles. The quantitative estimate of drug-likeness (QED) is 0.620. The zero-order valence-corrected chi connectivity index (χ0v) is 12.8. The normalized spacial score (nSPS) is 17.6. The molecule has 114 valence electrons. The molecule has 0 aliphatic heterocycles. The highest BCUT2D eigenvalue weighted by Gasteiger charge is 2.34. The maximum Gasteiger partial charge on any atom is 0.252 e. The third-order valence-corrected chi connectivity index (χ3v) is 4.41. The van der Waals surface area contributed by atoms with Crippen LogP contribution in [-0.2, 0) is 0 Å². The minimum absolute atomic E-state index is 0.0354. The zero-order chi connectivity index (χ0) is 15.6. The van der Waals surface area contributed by atoms with Crippen molar-refractivity contribution in [2.45, 2.75) is 38.5 Å². The molecule has 3 rings (SSSR count). The van der Waals surface area contributed by atoms with E-state index in [2.05, 4.69) is 36.4 Å². The minimum atomic E-state index is -2.53. The topological polar surface area (TPSA) is 0 Å². The molecule has 0 N–H and O–H groups in total. The Bertz CT molecular complexity index is 667. The van der Waals surface area contributed by atoms with E-state index in [1.54, 1.807) is 0 Å². The average Bonchev–Trinajstić information content (AvgIpc) is 2.55. The van der Waals surface area contributed by atoms with E-state index in [0.29, 0.717) is 12.8 Å². The molecule has 0 saturated heterocycles. The van der Waals surface area contributed by atoms with Crippen LogP contribution in [0.15, 0.2) is 60.2 Å². The van der Waals surface area contributed by atoms with Crippen LogP contribution in [0.25, 0.3) is 16.7 Å². The lowest BCUT2D eigenvalue weighted by molar-refractivity contribution is -0.00980. The summed E-state index contributed by atoms with van der Waals surface area (Å²) in [6.07, 6.45) is 1.05. The smallest absolute Gasteiger partial charge is 0.207 e. The molecule has 0 nitrogen and oxygen atoms in total. The second kappa shape index (κ2) is 6.04. The first kappa shape index (κ1) is 15.0. The largest absolute Gasteiger partial charge is 0.252 e. The van der Waals surface area contributed by atoms with Gasteiger partial charge in [-0.3, -0.25) is 0 Å². The van der Waals surface area contributed by atoms with Crippen LogP contribution in [0.4, 0.5) is 8.78 Å². The van der Waals surface area contributed by atoms with Crippen LogP contribution < -0.4 is 0 Å². The van der Waals surface area contributed by atoms with Gasteiger partial charge in [-0.05, 0) is 35.1 Å². The van der Waals surface area contributed by atoms with Crippen LogP contribution in [0.5, 0.6) is 0 Å². The van der Waals surface area contributed by atoms with Crippen LogP contribution in [0.2, 0.25) is 0 Å². The van der Waals surface area contributed by atoms with Crippen molar-refractivity contribution in [3.05, 3.63) is 65.7 Å². The molecule has 0 heterocycles. The zero-order valence-electron chi connectivity index (χ0n) is 12.8. The van der Waals surface area contributed by atoms with E-state index in [1.165, 1.54) is 5.56 Å². The Morgan fingerprint density at radius 1 is 0.864 bits per heavy atom. The number of halogens is 2. The third kappa shape index (κ3) is 3.11. The predicted octanol–water partition coefficient (Wildman–Crippen LogP) is 6.34. The molecule has 2 heteroatoms. The highest BCUT2D eigenvalue weighted by atomic mass is 19.3. The Hall–Kier alpha value is -1.96. The van der Waals surface area contributed by atoms with Crippen molar-refractivity contribution in [3.63, 3.8) is 0 Å². The van der Waals surface area contributed by atoms with Crippen LogP contribution in [0.3, 0.4) is 0 Å². The highest BCUT2D eigenvalue weighted by molar-refractivity contribution is 5.73. The lowest BCUT2D eigenvalue weighted by Crippen LogP contribution is -2.21. The molecule has 0 amide bonds. The summed E-state index contributed by atoms with van der Waals surface area (Å²) in [7, 11) is 0. The van der Waals surface area contributed by atoms with Crippen LogP contribution in [-0.4, -0.2) is 5.92 Å². The lowest BCUT2D eigenvalue weighted by atomic mass is 9.84. The molecular weight excluding hydrogens is 278 g/mol. The molecule has 0 aromatic heterocycles. The predicted molar refractivity (Wildman–Crippen MR) is 87.9 cm³/mol. The molecule has 0 bridgehead atoms. The summed E-state index contributed by atoms with van der Waals surface area (Å²) in [6.45, 7) is 1.97. The van der Waals surface area contributed by atoms with E-state index in [-0.39, 0.29) is 12.8 Å². The number of hydrogen-bond donors (Lipinski definition) is 0. The first-order chi connectivity index (χ1) is 10.6. The fraction of sp³-hybridized carbons (Fsp3) is 0.300. The molecule has 0 atom stereocenters. The lowest BCUT2D eigenvalue weighted by Gasteiger charge is -2.27. The summed E-state index contributed by atoms with van der Waals surface area (Å²) in [5.41, 5.74) is 5.45. The fourth-order valence-electron chi connectivity index (χ4n) is 3.17. The van der Waals surface area contributed by atoms with E-state index in [9.17, 15) is 8.78 Å². The van der Waals surface area contributed by atoms with Crippen molar-refractivity contribution >= 4 is 5.57 Å². The molecule has 0 saturated carbocycles. The Morgan fingerprint density at radius 2 is 1.45 bits per heavy atom. The van der Waals surface area contributed by atoms with E-state index in [0.717, 1.165) is 22.3 Å². The molecule has 0 unspecified atom stereocenters. The van der Waals surface area contributed by atoms with E-state index < -0.39 is 5.92 Å². The van der Waals surface area contributed by atoms with Crippen LogP contribution in [0.1, 0.15) is 38.2 Å². The summed E-state index contributed by atoms with van der Waals surface area (Å²) in [5, 5.41) is 0. The summed E-state index contributed by atoms with van der Waals surface area (Å²) in [4.78, 5) is 0. The van der Waals surface area contributed by atoms with Gasteiger partial charge >= 0.3 is 0 Å². The van der Waals surface area contributed by atoms with Crippen molar-refractivity contribution < 1.29 is 8.78 Å². The van der Waals surface area contributed by atoms with Gasteiger partial charge in [-0.25, -0.2) is 8.78 Å². The number of benzene rings is 2. The molecule has 1 aliphatic carbocycles. The Kier molecular flexibility index (Phi) is 4.10. The Balaban J connectivity index is 1.91. The van der Waals surface area contributed by atoms with Crippen molar-refractivity contribution in [3.8, 4) is 11.1 Å². The number of hydrogen-bond acceptors (Lipinski definition) is 0. The van der Waals surface area contributed by atoms with E-state index in [1.807, 2.05) is 25.1 Å². The van der Waals surface area contributed by atoms with Crippen molar-refractivity contribution in [1.82, 2.24) is 0 Å². The molecule has 2 aromatic rings. The van der Waals surface area contributed by atoms with Gasteiger partial charge in [0.2, 0.25) is 0 Å². The van der Waals surface area contributed by atoms with E-state index >= 15 is 0 Å². The van der Waals surface area contributed by atoms with Gasteiger partial charge in [0.25, 0.3) is 5.92 Å². The standard InChI is InChI=1S/C20H20F2/c1-2-15-14-20(21,22)13-12-19(15)18-10-8-17(9-11-18)16-6-4-3-5-7-16/h3-11H,2,12-14H2,1H3. The number of allylic oxidation sites excluding steroid dienone is 2. The average molecular weight is 298 g/mol. The van der Waals surface area contributed by atoms with Gasteiger partial charge in [-0.2, -0.15) is 0 Å². The maximum absolute atomic E-state index is 13.6. The molecule has 1 aliphatic rings. The second-order valence-electron chi connectivity index (χ2n) is 5.91. The molecule has 0 radical (unpaired) electrons. The van der Waals surface area contributed by atoms with Crippen LogP contribution >= 0.6 is 0 Å². The minimum Gasteiger partial charge on any atom is -0.207 e. The Labute approximate surface area is 130 Å². The summed E-state index contributed by atoms with van der Waals surface area (Å²) in [6, 6.07) is 18.5. The molecular formula is C20H20F2. The number of alkyl halides is 2. The van der Waals surface area contributed by atoms with Crippen molar-refractivity contribution in [2.75, 3.05) is 0 Å². The highest BCUT2D eigenvalue weighted by Crippen LogP contribution is 2.42. The van der Waals surface area contributed by atoms with Gasteiger partial charge in [0.15, 0.2) is 0 Å². The van der Waals surface area contributed by atoms with Gasteiger partial charge in [0.1, 0.15) is 0 Å². The van der Waals surface area contributed by atoms with Gasteiger partial charge < -0.3 is 0 Å². The number of rotatable bonds is 3. The molecule has 22 heavy (non-hydrogen) atoms. The SMILES string of the molecule is CCC1=C(c2ccc(-c3ccccc3)cc2)CCC(F)(F)C1. The third-order valence-electron chi connectivity index (χ3n) is 4.41. The van der Waals surface area contributed by atoms with Gasteiger partial charge in [0.05, 0.1) is 0 Å². The van der Waals surface area contributed by atoms with E-state index in [4.69, 9.17) is 0 Å².